The maximum atomic E-state index is 13.4. The number of hydrogen-bond acceptors (Lipinski definition) is 4. The third kappa shape index (κ3) is 8.55. The minimum absolute atomic E-state index is 0.0666. The molecule has 1 atom stereocenters. The number of hydrogen-bond donors (Lipinski definition) is 1. The summed E-state index contributed by atoms with van der Waals surface area (Å²) in [7, 11) is -3.63. The van der Waals surface area contributed by atoms with Gasteiger partial charge >= 0.3 is 0 Å². The lowest BCUT2D eigenvalue weighted by molar-refractivity contribution is -0.141. The normalized spacial score (nSPS) is 15.1. The van der Waals surface area contributed by atoms with E-state index >= 15 is 0 Å². The maximum Gasteiger partial charge on any atom is 0.242 e. The van der Waals surface area contributed by atoms with E-state index in [1.807, 2.05) is 31.2 Å². The second kappa shape index (κ2) is 13.0. The number of rotatable bonds is 11. The van der Waals surface area contributed by atoms with Crippen molar-refractivity contribution >= 4 is 27.5 Å². The Bertz CT molecular complexity index is 1160. The fraction of sp³-hybridized carbons (Fsp3) is 0.500. The Balaban J connectivity index is 1.71. The maximum absolute atomic E-state index is 13.4. The predicted molar refractivity (Wildman–Crippen MR) is 144 cm³/mol. The number of amides is 2. The van der Waals surface area contributed by atoms with Crippen molar-refractivity contribution in [3.63, 3.8) is 0 Å². The van der Waals surface area contributed by atoms with Gasteiger partial charge in [0.25, 0.3) is 0 Å². The monoisotopic (exact) mass is 531 g/mol. The molecule has 0 heterocycles. The third-order valence-electron chi connectivity index (χ3n) is 6.82. The highest BCUT2D eigenvalue weighted by atomic mass is 32.2. The average Bonchev–Trinajstić information content (AvgIpc) is 2.85. The van der Waals surface area contributed by atoms with E-state index < -0.39 is 21.9 Å². The van der Waals surface area contributed by atoms with Crippen LogP contribution in [0.2, 0.25) is 0 Å². The van der Waals surface area contributed by atoms with Crippen LogP contribution in [-0.2, 0) is 26.2 Å². The van der Waals surface area contributed by atoms with Crippen molar-refractivity contribution in [2.45, 2.75) is 77.4 Å². The fourth-order valence-electron chi connectivity index (χ4n) is 4.77. The first kappa shape index (κ1) is 28.6. The number of sulfonamides is 1. The zero-order valence-electron chi connectivity index (χ0n) is 22.0. The van der Waals surface area contributed by atoms with E-state index in [-0.39, 0.29) is 43.8 Å². The van der Waals surface area contributed by atoms with Crippen LogP contribution in [0.15, 0.2) is 48.5 Å². The first-order valence-corrected chi connectivity index (χ1v) is 14.8. The van der Waals surface area contributed by atoms with Crippen LogP contribution in [0.25, 0.3) is 0 Å². The van der Waals surface area contributed by atoms with E-state index in [0.717, 1.165) is 43.1 Å². The summed E-state index contributed by atoms with van der Waals surface area (Å²) in [6.45, 7) is 4.07. The summed E-state index contributed by atoms with van der Waals surface area (Å²) in [6, 6.07) is 12.5. The van der Waals surface area contributed by atoms with E-state index in [9.17, 15) is 22.4 Å². The van der Waals surface area contributed by atoms with Crippen LogP contribution in [0.3, 0.4) is 0 Å². The molecule has 1 N–H and O–H groups in total. The number of halogens is 1. The lowest BCUT2D eigenvalue weighted by Crippen LogP contribution is -2.50. The molecule has 0 aliphatic heterocycles. The van der Waals surface area contributed by atoms with Crippen molar-refractivity contribution in [1.82, 2.24) is 10.2 Å². The van der Waals surface area contributed by atoms with Gasteiger partial charge in [0.2, 0.25) is 21.8 Å². The van der Waals surface area contributed by atoms with Crippen LogP contribution in [0.1, 0.15) is 63.0 Å². The van der Waals surface area contributed by atoms with E-state index in [2.05, 4.69) is 5.32 Å². The topological polar surface area (TPSA) is 86.8 Å². The molecule has 0 saturated heterocycles. The molecule has 2 amide bonds. The molecule has 1 saturated carbocycles. The lowest BCUT2D eigenvalue weighted by atomic mass is 9.95. The predicted octanol–water partition coefficient (Wildman–Crippen LogP) is 4.55. The Morgan fingerprint density at radius 3 is 2.38 bits per heavy atom. The summed E-state index contributed by atoms with van der Waals surface area (Å²) in [4.78, 5) is 28.1. The Morgan fingerprint density at radius 2 is 1.76 bits per heavy atom. The van der Waals surface area contributed by atoms with Crippen LogP contribution < -0.4 is 9.62 Å². The van der Waals surface area contributed by atoms with Crippen LogP contribution in [-0.4, -0.2) is 50.0 Å². The minimum atomic E-state index is -3.63. The number of nitrogens with zero attached hydrogens (tertiary/aromatic N) is 2. The highest BCUT2D eigenvalue weighted by Crippen LogP contribution is 2.21. The highest BCUT2D eigenvalue weighted by Gasteiger charge is 2.28. The highest BCUT2D eigenvalue weighted by molar-refractivity contribution is 7.92. The summed E-state index contributed by atoms with van der Waals surface area (Å²) in [5, 5.41) is 3.12. The van der Waals surface area contributed by atoms with Crippen molar-refractivity contribution in [3.05, 3.63) is 65.5 Å². The zero-order valence-corrected chi connectivity index (χ0v) is 22.8. The molecule has 1 unspecified atom stereocenters. The van der Waals surface area contributed by atoms with Gasteiger partial charge in [0.1, 0.15) is 11.9 Å². The van der Waals surface area contributed by atoms with Gasteiger partial charge in [0, 0.05) is 25.6 Å². The van der Waals surface area contributed by atoms with Crippen molar-refractivity contribution in [1.29, 1.82) is 0 Å². The molecule has 3 rings (SSSR count). The molecule has 0 radical (unpaired) electrons. The third-order valence-corrected chi connectivity index (χ3v) is 8.02. The molecule has 202 valence electrons. The van der Waals surface area contributed by atoms with E-state index in [0.29, 0.717) is 5.69 Å². The van der Waals surface area contributed by atoms with Gasteiger partial charge in [-0.2, -0.15) is 0 Å². The van der Waals surface area contributed by atoms with Crippen molar-refractivity contribution in [2.75, 3.05) is 17.1 Å². The SMILES string of the molecule is Cc1cccc(CN(C(=O)CCCN(c2ccc(F)cc2)S(C)(=O)=O)C(C)C(=O)NC2CCCCC2)c1. The number of aryl methyl sites for hydroxylation is 1. The zero-order chi connectivity index (χ0) is 27.0. The Kier molecular flexibility index (Phi) is 10.1. The molecule has 1 fully saturated rings. The number of anilines is 1. The summed E-state index contributed by atoms with van der Waals surface area (Å²) in [5.41, 5.74) is 2.33. The van der Waals surface area contributed by atoms with Gasteiger partial charge < -0.3 is 10.2 Å². The molecule has 0 aromatic heterocycles. The summed E-state index contributed by atoms with van der Waals surface area (Å²) in [5.74, 6) is -0.850. The second-order valence-electron chi connectivity index (χ2n) is 9.95. The molecule has 1 aliphatic carbocycles. The van der Waals surface area contributed by atoms with Crippen LogP contribution in [0, 0.1) is 12.7 Å². The van der Waals surface area contributed by atoms with Gasteiger partial charge in [-0.15, -0.1) is 0 Å². The van der Waals surface area contributed by atoms with Gasteiger partial charge in [0.05, 0.1) is 11.9 Å². The van der Waals surface area contributed by atoms with E-state index in [1.54, 1.807) is 11.8 Å². The van der Waals surface area contributed by atoms with Crippen LogP contribution in [0.5, 0.6) is 0 Å². The first-order valence-electron chi connectivity index (χ1n) is 12.9. The molecule has 0 bridgehead atoms. The van der Waals surface area contributed by atoms with Gasteiger partial charge in [-0.1, -0.05) is 49.1 Å². The molecule has 1 aliphatic rings. The van der Waals surface area contributed by atoms with Crippen molar-refractivity contribution in [2.24, 2.45) is 0 Å². The second-order valence-corrected chi connectivity index (χ2v) is 11.9. The Hall–Kier alpha value is -2.94. The van der Waals surface area contributed by atoms with Gasteiger partial charge in [-0.05, 0) is 62.9 Å². The van der Waals surface area contributed by atoms with Gasteiger partial charge in [-0.25, -0.2) is 12.8 Å². The quantitative estimate of drug-likeness (QED) is 0.461. The largest absolute Gasteiger partial charge is 0.352 e. The lowest BCUT2D eigenvalue weighted by Gasteiger charge is -2.31. The summed E-state index contributed by atoms with van der Waals surface area (Å²) < 4.78 is 39.2. The molecule has 2 aromatic rings. The fourth-order valence-corrected chi connectivity index (χ4v) is 5.74. The Labute approximate surface area is 220 Å². The van der Waals surface area contributed by atoms with E-state index in [4.69, 9.17) is 0 Å². The number of carbonyl (C=O) groups excluding carboxylic acids is 2. The van der Waals surface area contributed by atoms with Crippen LogP contribution >= 0.6 is 0 Å². The minimum Gasteiger partial charge on any atom is -0.352 e. The molecular weight excluding hydrogens is 493 g/mol. The summed E-state index contributed by atoms with van der Waals surface area (Å²) in [6.07, 6.45) is 6.68. The average molecular weight is 532 g/mol. The molecule has 7 nitrogen and oxygen atoms in total. The number of carbonyl (C=O) groups is 2. The molecule has 9 heteroatoms. The summed E-state index contributed by atoms with van der Waals surface area (Å²) >= 11 is 0. The smallest absolute Gasteiger partial charge is 0.242 e. The molecule has 2 aromatic carbocycles. The molecular formula is C28H38FN3O4S. The van der Waals surface area contributed by atoms with Gasteiger partial charge in [-0.3, -0.25) is 13.9 Å². The molecule has 0 spiro atoms. The van der Waals surface area contributed by atoms with E-state index in [1.165, 1.54) is 35.0 Å². The number of benzene rings is 2. The standard InChI is InChI=1S/C28H38FN3O4S/c1-21-9-7-10-23(19-21)20-31(22(2)28(34)30-25-11-5-4-6-12-25)27(33)13-8-18-32(37(3,35)36)26-16-14-24(29)15-17-26/h7,9-10,14-17,19,22,25H,4-6,8,11-13,18,20H2,1-3H3,(H,30,34). The van der Waals surface area contributed by atoms with Crippen molar-refractivity contribution in [3.8, 4) is 0 Å². The first-order chi connectivity index (χ1) is 17.5. The Morgan fingerprint density at radius 1 is 1.08 bits per heavy atom. The van der Waals surface area contributed by atoms with Gasteiger partial charge in [0.15, 0.2) is 0 Å². The van der Waals surface area contributed by atoms with Crippen molar-refractivity contribution < 1.29 is 22.4 Å². The number of nitrogens with one attached hydrogen (secondary N) is 1. The molecule has 37 heavy (non-hydrogen) atoms. The van der Waals surface area contributed by atoms with Crippen LogP contribution in [0.4, 0.5) is 10.1 Å².